The van der Waals surface area contributed by atoms with Crippen molar-refractivity contribution >= 4 is 11.6 Å². The van der Waals surface area contributed by atoms with Gasteiger partial charge in [-0.2, -0.15) is 0 Å². The zero-order chi connectivity index (χ0) is 13.7. The van der Waals surface area contributed by atoms with Crippen LogP contribution in [0.15, 0.2) is 24.3 Å². The fourth-order valence-corrected chi connectivity index (χ4v) is 2.43. The van der Waals surface area contributed by atoms with Crippen LogP contribution in [0.5, 0.6) is 0 Å². The molecule has 1 heterocycles. The molecular formula is C15H23N3O. The van der Waals surface area contributed by atoms with E-state index in [9.17, 15) is 4.79 Å². The van der Waals surface area contributed by atoms with E-state index in [-0.39, 0.29) is 5.91 Å². The minimum Gasteiger partial charge on any atom is -0.325 e. The minimum atomic E-state index is 0.0716. The average molecular weight is 261 g/mol. The highest BCUT2D eigenvalue weighted by Crippen LogP contribution is 2.11. The number of carbonyl (C=O) groups is 1. The molecule has 4 nitrogen and oxygen atoms in total. The lowest BCUT2D eigenvalue weighted by atomic mass is 10.1. The SMILES string of the molecule is CCc1cccc(NC(=O)CN2CCN[C@H](C)C2)c1. The number of anilines is 1. The Morgan fingerprint density at radius 1 is 1.53 bits per heavy atom. The van der Waals surface area contributed by atoms with Crippen LogP contribution in [0.4, 0.5) is 5.69 Å². The summed E-state index contributed by atoms with van der Waals surface area (Å²) in [5, 5.41) is 6.35. The maximum atomic E-state index is 12.0. The van der Waals surface area contributed by atoms with Crippen LogP contribution in [0.3, 0.4) is 0 Å². The lowest BCUT2D eigenvalue weighted by Gasteiger charge is -2.31. The lowest BCUT2D eigenvalue weighted by Crippen LogP contribution is -2.51. The number of aryl methyl sites for hydroxylation is 1. The van der Waals surface area contributed by atoms with Gasteiger partial charge in [-0.1, -0.05) is 19.1 Å². The van der Waals surface area contributed by atoms with E-state index in [1.807, 2.05) is 18.2 Å². The van der Waals surface area contributed by atoms with Crippen LogP contribution in [0.2, 0.25) is 0 Å². The molecule has 104 valence electrons. The molecule has 1 aliphatic rings. The molecule has 1 aliphatic heterocycles. The number of hydrogen-bond acceptors (Lipinski definition) is 3. The van der Waals surface area contributed by atoms with E-state index in [4.69, 9.17) is 0 Å². The molecule has 2 N–H and O–H groups in total. The van der Waals surface area contributed by atoms with Gasteiger partial charge in [-0.05, 0) is 31.0 Å². The minimum absolute atomic E-state index is 0.0716. The number of benzene rings is 1. The molecule has 0 radical (unpaired) electrons. The fourth-order valence-electron chi connectivity index (χ4n) is 2.43. The van der Waals surface area contributed by atoms with Gasteiger partial charge in [0.25, 0.3) is 0 Å². The summed E-state index contributed by atoms with van der Waals surface area (Å²) >= 11 is 0. The molecule has 2 rings (SSSR count). The predicted octanol–water partition coefficient (Wildman–Crippen LogP) is 1.48. The number of carbonyl (C=O) groups excluding carboxylic acids is 1. The van der Waals surface area contributed by atoms with Gasteiger partial charge in [0.2, 0.25) is 5.91 Å². The Morgan fingerprint density at radius 3 is 3.11 bits per heavy atom. The number of piperazine rings is 1. The third kappa shape index (κ3) is 4.33. The molecule has 0 unspecified atom stereocenters. The van der Waals surface area contributed by atoms with Gasteiger partial charge in [-0.25, -0.2) is 0 Å². The average Bonchev–Trinajstić information content (AvgIpc) is 2.38. The Bertz CT molecular complexity index is 433. The molecule has 19 heavy (non-hydrogen) atoms. The number of hydrogen-bond donors (Lipinski definition) is 2. The van der Waals surface area contributed by atoms with E-state index < -0.39 is 0 Å². The van der Waals surface area contributed by atoms with Gasteiger partial charge in [0.05, 0.1) is 6.54 Å². The Hall–Kier alpha value is -1.39. The third-order valence-electron chi connectivity index (χ3n) is 3.44. The van der Waals surface area contributed by atoms with Crippen molar-refractivity contribution in [2.75, 3.05) is 31.5 Å². The van der Waals surface area contributed by atoms with Crippen LogP contribution >= 0.6 is 0 Å². The highest BCUT2D eigenvalue weighted by atomic mass is 16.2. The summed E-state index contributed by atoms with van der Waals surface area (Å²) in [5.41, 5.74) is 2.14. The summed E-state index contributed by atoms with van der Waals surface area (Å²) in [7, 11) is 0. The first-order chi connectivity index (χ1) is 9.17. The second-order valence-corrected chi connectivity index (χ2v) is 5.19. The molecule has 1 aromatic carbocycles. The summed E-state index contributed by atoms with van der Waals surface area (Å²) in [6, 6.07) is 8.51. The molecule has 0 saturated carbocycles. The molecule has 0 aromatic heterocycles. The zero-order valence-corrected chi connectivity index (χ0v) is 11.8. The van der Waals surface area contributed by atoms with Crippen molar-refractivity contribution in [3.8, 4) is 0 Å². The Labute approximate surface area is 115 Å². The summed E-state index contributed by atoms with van der Waals surface area (Å²) in [6.07, 6.45) is 0.985. The van der Waals surface area contributed by atoms with E-state index in [0.29, 0.717) is 12.6 Å². The molecular weight excluding hydrogens is 238 g/mol. The third-order valence-corrected chi connectivity index (χ3v) is 3.44. The Balaban J connectivity index is 1.86. The number of amides is 1. The number of rotatable bonds is 4. The lowest BCUT2D eigenvalue weighted by molar-refractivity contribution is -0.117. The summed E-state index contributed by atoms with van der Waals surface area (Å²) < 4.78 is 0. The van der Waals surface area contributed by atoms with Gasteiger partial charge in [0.15, 0.2) is 0 Å². The van der Waals surface area contributed by atoms with Crippen LogP contribution in [0.25, 0.3) is 0 Å². The van der Waals surface area contributed by atoms with Crippen molar-refractivity contribution in [3.05, 3.63) is 29.8 Å². The standard InChI is InChI=1S/C15H23N3O/c1-3-13-5-4-6-14(9-13)17-15(19)11-18-8-7-16-12(2)10-18/h4-6,9,12,16H,3,7-8,10-11H2,1-2H3,(H,17,19)/t12-/m1/s1. The maximum absolute atomic E-state index is 12.0. The zero-order valence-electron chi connectivity index (χ0n) is 11.8. The smallest absolute Gasteiger partial charge is 0.238 e. The predicted molar refractivity (Wildman–Crippen MR) is 78.4 cm³/mol. The highest BCUT2D eigenvalue weighted by molar-refractivity contribution is 5.92. The molecule has 1 aromatic rings. The molecule has 0 bridgehead atoms. The Morgan fingerprint density at radius 2 is 2.37 bits per heavy atom. The van der Waals surface area contributed by atoms with Crippen molar-refractivity contribution in [3.63, 3.8) is 0 Å². The van der Waals surface area contributed by atoms with Crippen LogP contribution in [-0.4, -0.2) is 43.0 Å². The largest absolute Gasteiger partial charge is 0.325 e. The van der Waals surface area contributed by atoms with Crippen molar-refractivity contribution in [2.45, 2.75) is 26.3 Å². The summed E-state index contributed by atoms with van der Waals surface area (Å²) in [6.45, 7) is 7.56. The van der Waals surface area contributed by atoms with Crippen molar-refractivity contribution in [1.82, 2.24) is 10.2 Å². The molecule has 0 spiro atoms. The van der Waals surface area contributed by atoms with E-state index in [0.717, 1.165) is 31.7 Å². The van der Waals surface area contributed by atoms with Crippen molar-refractivity contribution in [1.29, 1.82) is 0 Å². The molecule has 1 saturated heterocycles. The van der Waals surface area contributed by atoms with E-state index in [1.165, 1.54) is 5.56 Å². The van der Waals surface area contributed by atoms with Crippen LogP contribution in [0.1, 0.15) is 19.4 Å². The van der Waals surface area contributed by atoms with Gasteiger partial charge in [0.1, 0.15) is 0 Å². The van der Waals surface area contributed by atoms with Gasteiger partial charge in [-0.3, -0.25) is 9.69 Å². The normalized spacial score (nSPS) is 20.2. The van der Waals surface area contributed by atoms with Crippen molar-refractivity contribution < 1.29 is 4.79 Å². The van der Waals surface area contributed by atoms with Crippen LogP contribution in [-0.2, 0) is 11.2 Å². The van der Waals surface area contributed by atoms with Gasteiger partial charge < -0.3 is 10.6 Å². The monoisotopic (exact) mass is 261 g/mol. The molecule has 1 atom stereocenters. The molecule has 4 heteroatoms. The first-order valence-corrected chi connectivity index (χ1v) is 7.02. The fraction of sp³-hybridized carbons (Fsp3) is 0.533. The van der Waals surface area contributed by atoms with Crippen molar-refractivity contribution in [2.24, 2.45) is 0 Å². The molecule has 0 aliphatic carbocycles. The van der Waals surface area contributed by atoms with Crippen LogP contribution in [0, 0.1) is 0 Å². The molecule has 1 fully saturated rings. The second-order valence-electron chi connectivity index (χ2n) is 5.19. The van der Waals surface area contributed by atoms with Gasteiger partial charge in [-0.15, -0.1) is 0 Å². The molecule has 1 amide bonds. The first kappa shape index (κ1) is 14.0. The Kier molecular flexibility index (Phi) is 4.93. The summed E-state index contributed by atoms with van der Waals surface area (Å²) in [4.78, 5) is 14.2. The first-order valence-electron chi connectivity index (χ1n) is 7.02. The van der Waals surface area contributed by atoms with Gasteiger partial charge in [0, 0.05) is 31.4 Å². The second kappa shape index (κ2) is 6.68. The number of nitrogens with one attached hydrogen (secondary N) is 2. The summed E-state index contributed by atoms with van der Waals surface area (Å²) in [5.74, 6) is 0.0716. The van der Waals surface area contributed by atoms with Gasteiger partial charge >= 0.3 is 0 Å². The number of nitrogens with zero attached hydrogens (tertiary/aromatic N) is 1. The topological polar surface area (TPSA) is 44.4 Å². The maximum Gasteiger partial charge on any atom is 0.238 e. The van der Waals surface area contributed by atoms with E-state index >= 15 is 0 Å². The van der Waals surface area contributed by atoms with E-state index in [2.05, 4.69) is 35.4 Å². The van der Waals surface area contributed by atoms with Crippen LogP contribution < -0.4 is 10.6 Å². The van der Waals surface area contributed by atoms with E-state index in [1.54, 1.807) is 0 Å². The quantitative estimate of drug-likeness (QED) is 0.863. The highest BCUT2D eigenvalue weighted by Gasteiger charge is 2.17.